The van der Waals surface area contributed by atoms with E-state index < -0.39 is 15.8 Å². The predicted molar refractivity (Wildman–Crippen MR) is 45.6 cm³/mol. The van der Waals surface area contributed by atoms with Crippen molar-refractivity contribution >= 4 is 10.4 Å². The topological polar surface area (TPSA) is 125 Å². The fourth-order valence-electron chi connectivity index (χ4n) is 0.506. The van der Waals surface area contributed by atoms with Crippen molar-refractivity contribution in [3.8, 4) is 5.75 Å². The monoisotopic (exact) mass is 224 g/mol. The molecule has 0 spiro atoms. The molecule has 1 heterocycles. The highest BCUT2D eigenvalue weighted by Crippen LogP contribution is 2.06. The number of hydrogen-bond donors (Lipinski definition) is 3. The van der Waals surface area contributed by atoms with Crippen LogP contribution in [0, 0.1) is 6.92 Å². The molecular weight excluding hydrogens is 216 g/mol. The van der Waals surface area contributed by atoms with Crippen LogP contribution in [0.4, 0.5) is 0 Å². The average molecular weight is 224 g/mol. The first kappa shape index (κ1) is 12.6. The highest BCUT2D eigenvalue weighted by Gasteiger charge is 1.98. The Morgan fingerprint density at radius 1 is 1.36 bits per heavy atom. The first-order valence-corrected chi connectivity index (χ1v) is 4.59. The summed E-state index contributed by atoms with van der Waals surface area (Å²) in [5, 5.41) is 8.80. The van der Waals surface area contributed by atoms with Crippen LogP contribution in [-0.4, -0.2) is 22.6 Å². The van der Waals surface area contributed by atoms with Crippen LogP contribution in [0.1, 0.15) is 5.76 Å². The van der Waals surface area contributed by atoms with Gasteiger partial charge >= 0.3 is 10.4 Å². The number of aryl methyl sites for hydroxylation is 1. The molecule has 1 rings (SSSR count). The molecule has 0 saturated carbocycles. The molecular formula is C6H8O7S. The van der Waals surface area contributed by atoms with Gasteiger partial charge in [-0.3, -0.25) is 13.9 Å². The van der Waals surface area contributed by atoms with Crippen LogP contribution < -0.4 is 5.43 Å². The van der Waals surface area contributed by atoms with Crippen molar-refractivity contribution < 1.29 is 27.0 Å². The van der Waals surface area contributed by atoms with Crippen molar-refractivity contribution in [2.75, 3.05) is 0 Å². The molecule has 8 heteroatoms. The third kappa shape index (κ3) is 6.17. The van der Waals surface area contributed by atoms with Gasteiger partial charge in [0.05, 0.1) is 6.26 Å². The lowest BCUT2D eigenvalue weighted by atomic mass is 10.4. The van der Waals surface area contributed by atoms with Crippen molar-refractivity contribution in [1.82, 2.24) is 0 Å². The first-order valence-electron chi connectivity index (χ1n) is 3.19. The maximum Gasteiger partial charge on any atom is 0.394 e. The van der Waals surface area contributed by atoms with Crippen LogP contribution in [0.5, 0.6) is 5.75 Å². The second kappa shape index (κ2) is 4.74. The SMILES string of the molecule is Cc1occc(=O)c1O.O=S(=O)(O)O. The van der Waals surface area contributed by atoms with E-state index in [-0.39, 0.29) is 11.5 Å². The van der Waals surface area contributed by atoms with Crippen LogP contribution in [0.2, 0.25) is 0 Å². The van der Waals surface area contributed by atoms with Crippen LogP contribution in [0.3, 0.4) is 0 Å². The fraction of sp³-hybridized carbons (Fsp3) is 0.167. The van der Waals surface area contributed by atoms with E-state index >= 15 is 0 Å². The Balaban J connectivity index is 0.000000292. The molecule has 0 saturated heterocycles. The van der Waals surface area contributed by atoms with Gasteiger partial charge in [0.2, 0.25) is 11.2 Å². The molecule has 3 N–H and O–H groups in total. The standard InChI is InChI=1S/C6H6O3.H2O4S/c1-4-6(8)5(7)2-3-9-4;1-5(2,3)4/h2-3,8H,1H3;(H2,1,2,3,4). The Bertz CT molecular complexity index is 435. The Morgan fingerprint density at radius 2 is 1.79 bits per heavy atom. The van der Waals surface area contributed by atoms with Crippen LogP contribution in [-0.2, 0) is 10.4 Å². The molecule has 0 atom stereocenters. The van der Waals surface area contributed by atoms with Gasteiger partial charge in [-0.15, -0.1) is 0 Å². The molecule has 80 valence electrons. The zero-order valence-corrected chi connectivity index (χ0v) is 7.85. The van der Waals surface area contributed by atoms with Gasteiger partial charge in [0.25, 0.3) is 0 Å². The van der Waals surface area contributed by atoms with Crippen LogP contribution in [0.15, 0.2) is 21.5 Å². The summed E-state index contributed by atoms with van der Waals surface area (Å²) in [5.41, 5.74) is -0.404. The molecule has 7 nitrogen and oxygen atoms in total. The van der Waals surface area contributed by atoms with Crippen molar-refractivity contribution in [2.24, 2.45) is 0 Å². The third-order valence-electron chi connectivity index (χ3n) is 1.03. The molecule has 1 aromatic heterocycles. The van der Waals surface area contributed by atoms with E-state index in [0.29, 0.717) is 0 Å². The summed E-state index contributed by atoms with van der Waals surface area (Å²) >= 11 is 0. The predicted octanol–water partition coefficient (Wildman–Crippen LogP) is 0.00102. The number of hydrogen-bond acceptors (Lipinski definition) is 5. The number of rotatable bonds is 0. The van der Waals surface area contributed by atoms with Crippen molar-refractivity contribution in [3.63, 3.8) is 0 Å². The van der Waals surface area contributed by atoms with E-state index in [0.717, 1.165) is 0 Å². The maximum atomic E-state index is 10.5. The minimum Gasteiger partial charge on any atom is -0.502 e. The van der Waals surface area contributed by atoms with Gasteiger partial charge in [0, 0.05) is 6.07 Å². The summed E-state index contributed by atoms with van der Waals surface area (Å²) < 4.78 is 36.3. The van der Waals surface area contributed by atoms with E-state index in [9.17, 15) is 4.79 Å². The lowest BCUT2D eigenvalue weighted by Gasteiger charge is -1.91. The van der Waals surface area contributed by atoms with E-state index in [1.165, 1.54) is 19.3 Å². The van der Waals surface area contributed by atoms with Gasteiger partial charge in [-0.1, -0.05) is 0 Å². The van der Waals surface area contributed by atoms with E-state index in [2.05, 4.69) is 4.42 Å². The smallest absolute Gasteiger partial charge is 0.394 e. The Kier molecular flexibility index (Phi) is 4.28. The van der Waals surface area contributed by atoms with Crippen molar-refractivity contribution in [1.29, 1.82) is 0 Å². The molecule has 0 aliphatic carbocycles. The van der Waals surface area contributed by atoms with E-state index in [1.807, 2.05) is 0 Å². The highest BCUT2D eigenvalue weighted by atomic mass is 32.3. The summed E-state index contributed by atoms with van der Waals surface area (Å²) in [7, 11) is -4.67. The van der Waals surface area contributed by atoms with Gasteiger partial charge < -0.3 is 9.52 Å². The van der Waals surface area contributed by atoms with Crippen LogP contribution in [0.25, 0.3) is 0 Å². The largest absolute Gasteiger partial charge is 0.502 e. The van der Waals surface area contributed by atoms with Crippen LogP contribution >= 0.6 is 0 Å². The minimum atomic E-state index is -4.67. The zero-order valence-electron chi connectivity index (χ0n) is 7.04. The Hall–Kier alpha value is -1.38. The quantitative estimate of drug-likeness (QED) is 0.529. The molecule has 14 heavy (non-hydrogen) atoms. The van der Waals surface area contributed by atoms with E-state index in [4.69, 9.17) is 22.6 Å². The fourth-order valence-corrected chi connectivity index (χ4v) is 0.506. The molecule has 0 unspecified atom stereocenters. The second-order valence-electron chi connectivity index (χ2n) is 2.14. The van der Waals surface area contributed by atoms with Crippen molar-refractivity contribution in [2.45, 2.75) is 6.92 Å². The van der Waals surface area contributed by atoms with Gasteiger partial charge in [0.1, 0.15) is 5.76 Å². The van der Waals surface area contributed by atoms with Gasteiger partial charge in [-0.25, -0.2) is 0 Å². The number of aromatic hydroxyl groups is 1. The summed E-state index contributed by atoms with van der Waals surface area (Å²) in [4.78, 5) is 10.5. The summed E-state index contributed by atoms with van der Waals surface area (Å²) in [6.07, 6.45) is 1.25. The summed E-state index contributed by atoms with van der Waals surface area (Å²) in [6, 6.07) is 1.17. The highest BCUT2D eigenvalue weighted by molar-refractivity contribution is 7.79. The van der Waals surface area contributed by atoms with Crippen molar-refractivity contribution in [3.05, 3.63) is 28.3 Å². The molecule has 1 aromatic rings. The molecule has 0 amide bonds. The maximum absolute atomic E-state index is 10.5. The van der Waals surface area contributed by atoms with Gasteiger partial charge in [-0.2, -0.15) is 8.42 Å². The Labute approximate surface area is 79.2 Å². The normalized spacial score (nSPS) is 10.2. The molecule has 0 aliphatic heterocycles. The third-order valence-corrected chi connectivity index (χ3v) is 1.03. The average Bonchev–Trinajstić information content (AvgIpc) is 1.97. The zero-order chi connectivity index (χ0) is 11.4. The molecule has 0 bridgehead atoms. The van der Waals surface area contributed by atoms with Gasteiger partial charge in [-0.05, 0) is 6.92 Å². The summed E-state index contributed by atoms with van der Waals surface area (Å²) in [6.45, 7) is 1.52. The van der Waals surface area contributed by atoms with Gasteiger partial charge in [0.15, 0.2) is 0 Å². The molecule has 0 fully saturated rings. The molecule has 0 aliphatic rings. The Morgan fingerprint density at radius 3 is 2.07 bits per heavy atom. The van der Waals surface area contributed by atoms with E-state index in [1.54, 1.807) is 0 Å². The molecule has 0 radical (unpaired) electrons. The first-order chi connectivity index (χ1) is 6.22. The summed E-state index contributed by atoms with van der Waals surface area (Å²) in [5.74, 6) is -0.0556. The minimum absolute atomic E-state index is 0.252. The lowest BCUT2D eigenvalue weighted by molar-refractivity contribution is 0.381. The lowest BCUT2D eigenvalue weighted by Crippen LogP contribution is -1.97. The second-order valence-corrected chi connectivity index (χ2v) is 3.03. The molecule has 0 aromatic carbocycles.